The number of carbonyl (C=O) groups is 2. The van der Waals surface area contributed by atoms with Gasteiger partial charge in [-0.2, -0.15) is 0 Å². The van der Waals surface area contributed by atoms with Crippen LogP contribution in [0.3, 0.4) is 0 Å². The van der Waals surface area contributed by atoms with Crippen LogP contribution < -0.4 is 9.64 Å². The number of carbonyl (C=O) groups excluding carboxylic acids is 2. The van der Waals surface area contributed by atoms with Crippen LogP contribution in [0.5, 0.6) is 5.75 Å². The van der Waals surface area contributed by atoms with Crippen molar-refractivity contribution in [1.82, 2.24) is 4.90 Å². The van der Waals surface area contributed by atoms with Crippen molar-refractivity contribution >= 4 is 34.2 Å². The highest BCUT2D eigenvalue weighted by Gasteiger charge is 2.47. The van der Waals surface area contributed by atoms with Gasteiger partial charge in [0, 0.05) is 38.2 Å². The molecule has 0 unspecified atom stereocenters. The molecule has 2 heterocycles. The lowest BCUT2D eigenvalue weighted by Crippen LogP contribution is -2.46. The number of alkyl halides is 3. The summed E-state index contributed by atoms with van der Waals surface area (Å²) in [6.07, 6.45) is -3.84. The minimum Gasteiger partial charge on any atom is -0.463 e. The first-order chi connectivity index (χ1) is 16.2. The van der Waals surface area contributed by atoms with Gasteiger partial charge in [-0.1, -0.05) is 18.2 Å². The highest BCUT2D eigenvalue weighted by Crippen LogP contribution is 2.37. The maximum absolute atomic E-state index is 12.6. The monoisotopic (exact) mass is 542 g/mol. The van der Waals surface area contributed by atoms with E-state index in [1.807, 2.05) is 0 Å². The summed E-state index contributed by atoms with van der Waals surface area (Å²) in [7, 11) is 0. The van der Waals surface area contributed by atoms with Crippen LogP contribution in [0.1, 0.15) is 24.0 Å². The second-order valence-corrected chi connectivity index (χ2v) is 9.15. The standard InChI is InChI=1S/C23H22BrF3N2O5/c24-19-11-17(3-6-20(19)33-23(25,26)27)12-28-9-7-22(8-10-28)14-29(21(31)34-22)18-4-1-16(2-5-18)13-32-15-30/h1-6,11,15H,7-10,12-14H2. The molecule has 182 valence electrons. The van der Waals surface area contributed by atoms with Gasteiger partial charge in [0.05, 0.1) is 11.0 Å². The first kappa shape index (κ1) is 24.3. The largest absolute Gasteiger partial charge is 0.573 e. The lowest BCUT2D eigenvalue weighted by molar-refractivity contribution is -0.274. The Labute approximate surface area is 202 Å². The SMILES string of the molecule is O=COCc1ccc(N2CC3(CCN(Cc4ccc(OC(F)(F)F)c(Br)c4)CC3)OC2=O)cc1. The molecule has 0 aromatic heterocycles. The lowest BCUT2D eigenvalue weighted by atomic mass is 9.91. The van der Waals surface area contributed by atoms with Gasteiger partial charge in [0.1, 0.15) is 18.0 Å². The van der Waals surface area contributed by atoms with Gasteiger partial charge in [0.25, 0.3) is 6.47 Å². The molecule has 2 fully saturated rings. The van der Waals surface area contributed by atoms with Crippen molar-refractivity contribution < 1.29 is 37.0 Å². The number of ether oxygens (including phenoxy) is 3. The summed E-state index contributed by atoms with van der Waals surface area (Å²) in [6.45, 7) is 2.92. The molecular formula is C23H22BrF3N2O5. The Morgan fingerprint density at radius 2 is 1.76 bits per heavy atom. The number of hydrogen-bond acceptors (Lipinski definition) is 6. The van der Waals surface area contributed by atoms with Crippen LogP contribution in [0, 0.1) is 0 Å². The fourth-order valence-corrected chi connectivity index (χ4v) is 4.72. The van der Waals surface area contributed by atoms with E-state index in [1.54, 1.807) is 41.3 Å². The van der Waals surface area contributed by atoms with E-state index in [4.69, 9.17) is 9.47 Å². The van der Waals surface area contributed by atoms with Crippen LogP contribution in [-0.4, -0.2) is 49.1 Å². The van der Waals surface area contributed by atoms with Crippen LogP contribution >= 0.6 is 15.9 Å². The third kappa shape index (κ3) is 5.82. The molecule has 0 aliphatic carbocycles. The van der Waals surface area contributed by atoms with E-state index in [9.17, 15) is 22.8 Å². The summed E-state index contributed by atoms with van der Waals surface area (Å²) in [4.78, 5) is 26.7. The number of amides is 1. The summed E-state index contributed by atoms with van der Waals surface area (Å²) >= 11 is 3.14. The van der Waals surface area contributed by atoms with Gasteiger partial charge in [-0.3, -0.25) is 14.6 Å². The zero-order valence-corrected chi connectivity index (χ0v) is 19.6. The number of halogens is 4. The first-order valence-corrected chi connectivity index (χ1v) is 11.4. The summed E-state index contributed by atoms with van der Waals surface area (Å²) in [5, 5.41) is 0. The first-order valence-electron chi connectivity index (χ1n) is 10.6. The van der Waals surface area contributed by atoms with Crippen LogP contribution in [0.25, 0.3) is 0 Å². The molecule has 7 nitrogen and oxygen atoms in total. The minimum atomic E-state index is -4.75. The molecule has 0 bridgehead atoms. The molecule has 2 aromatic carbocycles. The fraction of sp³-hybridized carbons (Fsp3) is 0.391. The van der Waals surface area contributed by atoms with Crippen molar-refractivity contribution in [3.8, 4) is 5.75 Å². The average molecular weight is 543 g/mol. The quantitative estimate of drug-likeness (QED) is 0.458. The number of anilines is 1. The van der Waals surface area contributed by atoms with Crippen LogP contribution in [-0.2, 0) is 27.4 Å². The molecule has 4 rings (SSSR count). The molecule has 2 aromatic rings. The van der Waals surface area contributed by atoms with E-state index in [2.05, 4.69) is 25.6 Å². The fourth-order valence-electron chi connectivity index (χ4n) is 4.21. The second-order valence-electron chi connectivity index (χ2n) is 8.30. The highest BCUT2D eigenvalue weighted by molar-refractivity contribution is 9.10. The van der Waals surface area contributed by atoms with Crippen molar-refractivity contribution in [1.29, 1.82) is 0 Å². The molecule has 11 heteroatoms. The molecule has 2 aliphatic rings. The molecule has 1 amide bonds. The van der Waals surface area contributed by atoms with Crippen molar-refractivity contribution in [2.75, 3.05) is 24.5 Å². The van der Waals surface area contributed by atoms with Gasteiger partial charge in [-0.05, 0) is 51.3 Å². The predicted octanol–water partition coefficient (Wildman–Crippen LogP) is 5.01. The number of rotatable bonds is 7. The Morgan fingerprint density at radius 1 is 1.09 bits per heavy atom. The van der Waals surface area contributed by atoms with E-state index < -0.39 is 18.1 Å². The molecule has 0 radical (unpaired) electrons. The van der Waals surface area contributed by atoms with Crippen LogP contribution in [0.2, 0.25) is 0 Å². The summed E-state index contributed by atoms with van der Waals surface area (Å²) < 4.78 is 52.1. The smallest absolute Gasteiger partial charge is 0.463 e. The third-order valence-corrected chi connectivity index (χ3v) is 6.55. The van der Waals surface area contributed by atoms with Gasteiger partial charge < -0.3 is 14.2 Å². The zero-order valence-electron chi connectivity index (χ0n) is 18.0. The van der Waals surface area contributed by atoms with Crippen LogP contribution in [0.15, 0.2) is 46.9 Å². The van der Waals surface area contributed by atoms with Crippen molar-refractivity contribution in [3.63, 3.8) is 0 Å². The number of piperidine rings is 1. The van der Waals surface area contributed by atoms with E-state index in [0.717, 1.165) is 11.1 Å². The molecular weight excluding hydrogens is 521 g/mol. The predicted molar refractivity (Wildman–Crippen MR) is 119 cm³/mol. The van der Waals surface area contributed by atoms with Gasteiger partial charge in [-0.15, -0.1) is 13.2 Å². The molecule has 0 atom stereocenters. The van der Waals surface area contributed by atoms with Crippen molar-refractivity contribution in [3.05, 3.63) is 58.1 Å². The molecule has 34 heavy (non-hydrogen) atoms. The average Bonchev–Trinajstić information content (AvgIpc) is 3.11. The molecule has 0 saturated carbocycles. The van der Waals surface area contributed by atoms with Gasteiger partial charge in [0.2, 0.25) is 0 Å². The molecule has 1 spiro atoms. The van der Waals surface area contributed by atoms with Crippen molar-refractivity contribution in [2.24, 2.45) is 0 Å². The Kier molecular flexibility index (Phi) is 7.04. The molecule has 2 aliphatic heterocycles. The third-order valence-electron chi connectivity index (χ3n) is 5.93. The molecule has 2 saturated heterocycles. The van der Waals surface area contributed by atoms with Gasteiger partial charge in [0.15, 0.2) is 0 Å². The van der Waals surface area contributed by atoms with E-state index in [1.165, 1.54) is 6.07 Å². The summed E-state index contributed by atoms with van der Waals surface area (Å²) in [5.41, 5.74) is 1.81. The van der Waals surface area contributed by atoms with E-state index >= 15 is 0 Å². The Morgan fingerprint density at radius 3 is 2.38 bits per heavy atom. The summed E-state index contributed by atoms with van der Waals surface area (Å²) in [5.74, 6) is -0.281. The highest BCUT2D eigenvalue weighted by atomic mass is 79.9. The number of hydrogen-bond donors (Lipinski definition) is 0. The van der Waals surface area contributed by atoms with Gasteiger partial charge in [-0.25, -0.2) is 4.79 Å². The minimum absolute atomic E-state index is 0.169. The van der Waals surface area contributed by atoms with Gasteiger partial charge >= 0.3 is 12.5 Å². The summed E-state index contributed by atoms with van der Waals surface area (Å²) in [6, 6.07) is 11.7. The zero-order chi connectivity index (χ0) is 24.3. The number of nitrogens with zero attached hydrogens (tertiary/aromatic N) is 2. The molecule has 0 N–H and O–H groups in total. The number of benzene rings is 2. The second kappa shape index (κ2) is 9.83. The van der Waals surface area contributed by atoms with Crippen molar-refractivity contribution in [2.45, 2.75) is 38.0 Å². The Bertz CT molecular complexity index is 1040. The topological polar surface area (TPSA) is 68.3 Å². The van der Waals surface area contributed by atoms with E-state index in [0.29, 0.717) is 51.2 Å². The van der Waals surface area contributed by atoms with Crippen LogP contribution in [0.4, 0.5) is 23.7 Å². The maximum atomic E-state index is 12.6. The Hall–Kier alpha value is -2.79. The number of likely N-dealkylation sites (tertiary alicyclic amines) is 1. The normalized spacial score (nSPS) is 18.1. The van der Waals surface area contributed by atoms with E-state index in [-0.39, 0.29) is 16.8 Å². The maximum Gasteiger partial charge on any atom is 0.573 e. The lowest BCUT2D eigenvalue weighted by Gasteiger charge is -2.37. The Balaban J connectivity index is 1.33.